The fourth-order valence-electron chi connectivity index (χ4n) is 2.22. The van der Waals surface area contributed by atoms with Gasteiger partial charge < -0.3 is 5.32 Å². The molecule has 1 atom stereocenters. The van der Waals surface area contributed by atoms with Gasteiger partial charge in [-0.05, 0) is 54.4 Å². The maximum absolute atomic E-state index is 13.5. The Morgan fingerprint density at radius 3 is 2.75 bits per heavy atom. The summed E-state index contributed by atoms with van der Waals surface area (Å²) >= 11 is 9.68. The van der Waals surface area contributed by atoms with Crippen LogP contribution in [0.4, 0.5) is 4.39 Å². The van der Waals surface area contributed by atoms with Crippen molar-refractivity contribution in [3.8, 4) is 0 Å². The van der Waals surface area contributed by atoms with E-state index in [1.165, 1.54) is 17.7 Å². The van der Waals surface area contributed by atoms with Crippen molar-refractivity contribution < 1.29 is 4.39 Å². The molecule has 1 nitrogen and oxygen atoms in total. The number of likely N-dealkylation sites (N-methyl/N-ethyl adjacent to an activating group) is 1. The lowest BCUT2D eigenvalue weighted by Gasteiger charge is -2.20. The minimum atomic E-state index is -0.262. The summed E-state index contributed by atoms with van der Waals surface area (Å²) in [6.07, 6.45) is 0.760. The van der Waals surface area contributed by atoms with E-state index >= 15 is 0 Å². The molecule has 1 unspecified atom stereocenters. The Balaban J connectivity index is 2.29. The van der Waals surface area contributed by atoms with Crippen molar-refractivity contribution in [2.24, 2.45) is 0 Å². The van der Waals surface area contributed by atoms with Crippen molar-refractivity contribution in [1.82, 2.24) is 5.32 Å². The Hall–Kier alpha value is -0.900. The summed E-state index contributed by atoms with van der Waals surface area (Å²) in [5, 5.41) is 3.96. The van der Waals surface area contributed by atoms with Gasteiger partial charge >= 0.3 is 0 Å². The van der Waals surface area contributed by atoms with Gasteiger partial charge in [-0.3, -0.25) is 0 Å². The zero-order valence-electron chi connectivity index (χ0n) is 11.2. The Labute approximate surface area is 132 Å². The van der Waals surface area contributed by atoms with Gasteiger partial charge in [0.2, 0.25) is 0 Å². The third-order valence-electron chi connectivity index (χ3n) is 3.11. The highest BCUT2D eigenvalue weighted by Crippen LogP contribution is 2.27. The zero-order chi connectivity index (χ0) is 14.5. The maximum Gasteiger partial charge on any atom is 0.123 e. The van der Waals surface area contributed by atoms with Crippen LogP contribution in [0.2, 0.25) is 5.02 Å². The van der Waals surface area contributed by atoms with Gasteiger partial charge in [-0.15, -0.1) is 0 Å². The van der Waals surface area contributed by atoms with E-state index in [1.54, 1.807) is 6.07 Å². The molecule has 2 rings (SSSR count). The summed E-state index contributed by atoms with van der Waals surface area (Å²) in [7, 11) is 0. The summed E-state index contributed by atoms with van der Waals surface area (Å²) in [6, 6.07) is 12.6. The standard InChI is InChI=1S/C16H16BrClFN/c1-2-20-16(9-11-4-3-5-12(17)8-11)14-10-13(19)6-7-15(14)18/h3-8,10,16,20H,2,9H2,1H3. The normalized spacial score (nSPS) is 12.4. The topological polar surface area (TPSA) is 12.0 Å². The van der Waals surface area contributed by atoms with Crippen LogP contribution in [0, 0.1) is 5.82 Å². The second-order valence-corrected chi connectivity index (χ2v) is 5.93. The first-order chi connectivity index (χ1) is 9.60. The maximum atomic E-state index is 13.5. The first-order valence-electron chi connectivity index (χ1n) is 6.53. The molecule has 2 aromatic rings. The van der Waals surface area contributed by atoms with Gasteiger partial charge in [-0.2, -0.15) is 0 Å². The van der Waals surface area contributed by atoms with Crippen LogP contribution >= 0.6 is 27.5 Å². The van der Waals surface area contributed by atoms with Gasteiger partial charge in [-0.1, -0.05) is 46.6 Å². The largest absolute Gasteiger partial charge is 0.310 e. The quantitative estimate of drug-likeness (QED) is 0.782. The number of hydrogen-bond acceptors (Lipinski definition) is 1. The van der Waals surface area contributed by atoms with Gasteiger partial charge in [-0.25, -0.2) is 4.39 Å². The molecule has 0 spiro atoms. The van der Waals surface area contributed by atoms with E-state index in [1.807, 2.05) is 19.1 Å². The summed E-state index contributed by atoms with van der Waals surface area (Å²) in [5.41, 5.74) is 1.97. The molecule has 0 heterocycles. The van der Waals surface area contributed by atoms with E-state index in [9.17, 15) is 4.39 Å². The fraction of sp³-hybridized carbons (Fsp3) is 0.250. The summed E-state index contributed by atoms with van der Waals surface area (Å²) < 4.78 is 14.5. The molecule has 0 bridgehead atoms. The average Bonchev–Trinajstić information content (AvgIpc) is 2.41. The first kappa shape index (κ1) is 15.5. The van der Waals surface area contributed by atoms with E-state index in [4.69, 9.17) is 11.6 Å². The van der Waals surface area contributed by atoms with Gasteiger partial charge in [0.1, 0.15) is 5.82 Å². The summed E-state index contributed by atoms with van der Waals surface area (Å²) in [5.74, 6) is -0.262. The van der Waals surface area contributed by atoms with Gasteiger partial charge in [0.15, 0.2) is 0 Å². The third-order valence-corrected chi connectivity index (χ3v) is 3.95. The highest BCUT2D eigenvalue weighted by atomic mass is 79.9. The molecule has 0 saturated carbocycles. The van der Waals surface area contributed by atoms with Crippen LogP contribution in [0.3, 0.4) is 0 Å². The Morgan fingerprint density at radius 2 is 2.05 bits per heavy atom. The van der Waals surface area contributed by atoms with Gasteiger partial charge in [0.25, 0.3) is 0 Å². The molecule has 0 aliphatic carbocycles. The van der Waals surface area contributed by atoms with Gasteiger partial charge in [0, 0.05) is 15.5 Å². The van der Waals surface area contributed by atoms with Crippen LogP contribution in [0.15, 0.2) is 46.9 Å². The van der Waals surface area contributed by atoms with Crippen molar-refractivity contribution >= 4 is 27.5 Å². The van der Waals surface area contributed by atoms with Gasteiger partial charge in [0.05, 0.1) is 0 Å². The minimum absolute atomic E-state index is 0.00231. The van der Waals surface area contributed by atoms with Crippen LogP contribution in [0.25, 0.3) is 0 Å². The van der Waals surface area contributed by atoms with Crippen LogP contribution in [0.1, 0.15) is 24.1 Å². The highest BCUT2D eigenvalue weighted by molar-refractivity contribution is 9.10. The molecule has 0 aromatic heterocycles. The zero-order valence-corrected chi connectivity index (χ0v) is 13.5. The summed E-state index contributed by atoms with van der Waals surface area (Å²) in [6.45, 7) is 2.83. The predicted molar refractivity (Wildman–Crippen MR) is 85.7 cm³/mol. The molecule has 0 amide bonds. The highest BCUT2D eigenvalue weighted by Gasteiger charge is 2.15. The Morgan fingerprint density at radius 1 is 1.25 bits per heavy atom. The lowest BCUT2D eigenvalue weighted by atomic mass is 9.98. The lowest BCUT2D eigenvalue weighted by Crippen LogP contribution is -2.23. The lowest BCUT2D eigenvalue weighted by molar-refractivity contribution is 0.543. The van der Waals surface area contributed by atoms with Crippen molar-refractivity contribution in [3.63, 3.8) is 0 Å². The van der Waals surface area contributed by atoms with E-state index in [2.05, 4.69) is 33.4 Å². The Kier molecular flexibility index (Phi) is 5.58. The number of benzene rings is 2. The molecule has 2 aromatic carbocycles. The number of nitrogens with one attached hydrogen (secondary N) is 1. The summed E-state index contributed by atoms with van der Waals surface area (Å²) in [4.78, 5) is 0. The molecule has 106 valence electrons. The van der Waals surface area contributed by atoms with Crippen LogP contribution in [0.5, 0.6) is 0 Å². The first-order valence-corrected chi connectivity index (χ1v) is 7.70. The smallest absolute Gasteiger partial charge is 0.123 e. The average molecular weight is 357 g/mol. The second-order valence-electron chi connectivity index (χ2n) is 4.61. The Bertz CT molecular complexity index is 588. The number of halogens is 3. The predicted octanol–water partition coefficient (Wildman–Crippen LogP) is 5.13. The molecule has 0 radical (unpaired) electrons. The molecular weight excluding hydrogens is 341 g/mol. The molecule has 0 aliphatic rings. The van der Waals surface area contributed by atoms with Crippen molar-refractivity contribution in [1.29, 1.82) is 0 Å². The van der Waals surface area contributed by atoms with E-state index in [0.717, 1.165) is 23.0 Å². The third kappa shape index (κ3) is 4.05. The van der Waals surface area contributed by atoms with E-state index in [-0.39, 0.29) is 11.9 Å². The fourth-order valence-corrected chi connectivity index (χ4v) is 2.92. The van der Waals surface area contributed by atoms with E-state index < -0.39 is 0 Å². The molecule has 4 heteroatoms. The van der Waals surface area contributed by atoms with Crippen molar-refractivity contribution in [2.75, 3.05) is 6.54 Å². The molecular formula is C16H16BrClFN. The monoisotopic (exact) mass is 355 g/mol. The van der Waals surface area contributed by atoms with Crippen LogP contribution in [-0.4, -0.2) is 6.54 Å². The van der Waals surface area contributed by atoms with Crippen LogP contribution < -0.4 is 5.32 Å². The minimum Gasteiger partial charge on any atom is -0.310 e. The second kappa shape index (κ2) is 7.21. The molecule has 20 heavy (non-hydrogen) atoms. The van der Waals surface area contributed by atoms with Crippen molar-refractivity contribution in [2.45, 2.75) is 19.4 Å². The SMILES string of the molecule is CCNC(Cc1cccc(Br)c1)c1cc(F)ccc1Cl. The molecule has 0 saturated heterocycles. The van der Waals surface area contributed by atoms with Crippen molar-refractivity contribution in [3.05, 3.63) is 68.9 Å². The molecule has 0 fully saturated rings. The van der Waals surface area contributed by atoms with Crippen LogP contribution in [-0.2, 0) is 6.42 Å². The number of rotatable bonds is 5. The number of hydrogen-bond donors (Lipinski definition) is 1. The molecule has 1 N–H and O–H groups in total. The van der Waals surface area contributed by atoms with E-state index in [0.29, 0.717) is 5.02 Å². The molecule has 0 aliphatic heterocycles.